The number of hydrogen-bond donors (Lipinski definition) is 0. The molecule has 1 aromatic carbocycles. The minimum absolute atomic E-state index is 0.408. The van der Waals surface area contributed by atoms with Crippen molar-refractivity contribution in [2.75, 3.05) is 0 Å². The SMILES string of the molecule is O=c1onc2cnc3ccc(Br)cc3n12. The summed E-state index contributed by atoms with van der Waals surface area (Å²) in [6.07, 6.45) is 1.50. The molecule has 0 aliphatic rings. The van der Waals surface area contributed by atoms with Crippen LogP contribution in [0.5, 0.6) is 0 Å². The average Bonchev–Trinajstić information content (AvgIpc) is 2.60. The molecule has 0 amide bonds. The van der Waals surface area contributed by atoms with Crippen LogP contribution in [0.1, 0.15) is 0 Å². The maximum atomic E-state index is 11.4. The Balaban J connectivity index is 2.67. The lowest BCUT2D eigenvalue weighted by Gasteiger charge is -1.98. The van der Waals surface area contributed by atoms with Crippen LogP contribution < -0.4 is 5.76 Å². The maximum Gasteiger partial charge on any atom is 0.446 e. The summed E-state index contributed by atoms with van der Waals surface area (Å²) in [6, 6.07) is 5.48. The second-order valence-corrected chi connectivity index (χ2v) is 3.95. The second-order valence-electron chi connectivity index (χ2n) is 3.03. The lowest BCUT2D eigenvalue weighted by Crippen LogP contribution is -2.06. The zero-order valence-corrected chi connectivity index (χ0v) is 8.93. The Labute approximate surface area is 91.5 Å². The van der Waals surface area contributed by atoms with Gasteiger partial charge in [0.05, 0.1) is 17.2 Å². The van der Waals surface area contributed by atoms with Crippen LogP contribution in [0.2, 0.25) is 0 Å². The van der Waals surface area contributed by atoms with Crippen molar-refractivity contribution in [1.82, 2.24) is 14.5 Å². The van der Waals surface area contributed by atoms with Gasteiger partial charge in [-0.15, -0.1) is 0 Å². The third kappa shape index (κ3) is 1.18. The molecule has 0 unspecified atom stereocenters. The van der Waals surface area contributed by atoms with Crippen LogP contribution >= 0.6 is 15.9 Å². The van der Waals surface area contributed by atoms with Crippen molar-refractivity contribution in [2.24, 2.45) is 0 Å². The first-order valence-corrected chi connectivity index (χ1v) is 4.98. The van der Waals surface area contributed by atoms with Gasteiger partial charge in [-0.2, -0.15) is 0 Å². The second kappa shape index (κ2) is 2.90. The van der Waals surface area contributed by atoms with E-state index in [-0.39, 0.29) is 0 Å². The first kappa shape index (κ1) is 8.60. The predicted octanol–water partition coefficient (Wildman–Crippen LogP) is 1.60. The lowest BCUT2D eigenvalue weighted by atomic mass is 10.3. The third-order valence-electron chi connectivity index (χ3n) is 2.13. The molecule has 2 heterocycles. The van der Waals surface area contributed by atoms with Crippen molar-refractivity contribution in [3.05, 3.63) is 39.4 Å². The van der Waals surface area contributed by atoms with E-state index in [2.05, 4.69) is 30.6 Å². The van der Waals surface area contributed by atoms with Crippen molar-refractivity contribution >= 4 is 32.6 Å². The Hall–Kier alpha value is -1.69. The highest BCUT2D eigenvalue weighted by atomic mass is 79.9. The van der Waals surface area contributed by atoms with E-state index in [4.69, 9.17) is 0 Å². The minimum Gasteiger partial charge on any atom is -0.295 e. The monoisotopic (exact) mass is 265 g/mol. The van der Waals surface area contributed by atoms with Crippen LogP contribution in [0.3, 0.4) is 0 Å². The Morgan fingerprint density at radius 3 is 3.13 bits per heavy atom. The molecule has 15 heavy (non-hydrogen) atoms. The van der Waals surface area contributed by atoms with Crippen molar-refractivity contribution in [1.29, 1.82) is 0 Å². The van der Waals surface area contributed by atoms with Crippen LogP contribution in [0, 0.1) is 0 Å². The molecule has 0 atom stereocenters. The fourth-order valence-corrected chi connectivity index (χ4v) is 1.83. The predicted molar refractivity (Wildman–Crippen MR) is 56.7 cm³/mol. The Bertz CT molecular complexity index is 716. The molecule has 0 saturated carbocycles. The summed E-state index contributed by atoms with van der Waals surface area (Å²) in [5.41, 5.74) is 1.80. The molecule has 0 N–H and O–H groups in total. The molecule has 3 rings (SSSR count). The van der Waals surface area contributed by atoms with E-state index in [9.17, 15) is 4.79 Å². The highest BCUT2D eigenvalue weighted by Crippen LogP contribution is 2.17. The molecule has 6 heteroatoms. The quantitative estimate of drug-likeness (QED) is 0.620. The zero-order valence-electron chi connectivity index (χ0n) is 7.35. The molecule has 5 nitrogen and oxygen atoms in total. The molecule has 0 aliphatic heterocycles. The number of rotatable bonds is 0. The first-order valence-electron chi connectivity index (χ1n) is 4.18. The Morgan fingerprint density at radius 1 is 1.40 bits per heavy atom. The molecule has 2 aromatic heterocycles. The van der Waals surface area contributed by atoms with Crippen LogP contribution in [0.25, 0.3) is 16.7 Å². The first-order chi connectivity index (χ1) is 7.25. The van der Waals surface area contributed by atoms with E-state index < -0.39 is 5.76 Å². The highest BCUT2D eigenvalue weighted by Gasteiger charge is 2.07. The summed E-state index contributed by atoms with van der Waals surface area (Å²) >= 11 is 3.34. The van der Waals surface area contributed by atoms with E-state index in [1.165, 1.54) is 10.6 Å². The fraction of sp³-hybridized carbons (Fsp3) is 0. The number of aromatic nitrogens is 3. The molecule has 0 saturated heterocycles. The number of hydrogen-bond acceptors (Lipinski definition) is 4. The fourth-order valence-electron chi connectivity index (χ4n) is 1.48. The van der Waals surface area contributed by atoms with Gasteiger partial charge in [0.15, 0.2) is 0 Å². The van der Waals surface area contributed by atoms with Crippen LogP contribution in [0.15, 0.2) is 38.2 Å². The summed E-state index contributed by atoms with van der Waals surface area (Å²) < 4.78 is 6.82. The zero-order chi connectivity index (χ0) is 10.4. The number of benzene rings is 1. The van der Waals surface area contributed by atoms with Gasteiger partial charge in [0.25, 0.3) is 0 Å². The molecular weight excluding hydrogens is 262 g/mol. The minimum atomic E-state index is -0.504. The third-order valence-corrected chi connectivity index (χ3v) is 2.62. The van der Waals surface area contributed by atoms with Gasteiger partial charge in [-0.05, 0) is 18.2 Å². The number of fused-ring (bicyclic) bond motifs is 3. The number of halogens is 1. The smallest absolute Gasteiger partial charge is 0.295 e. The van der Waals surface area contributed by atoms with Crippen molar-refractivity contribution in [2.45, 2.75) is 0 Å². The van der Waals surface area contributed by atoms with E-state index in [0.29, 0.717) is 11.2 Å². The van der Waals surface area contributed by atoms with E-state index in [0.717, 1.165) is 9.99 Å². The van der Waals surface area contributed by atoms with Gasteiger partial charge in [0.2, 0.25) is 5.65 Å². The standard InChI is InChI=1S/C9H4BrN3O2/c10-5-1-2-6-7(3-5)13-8(4-11-6)12-15-9(13)14/h1-4H. The normalized spacial score (nSPS) is 11.3. The summed E-state index contributed by atoms with van der Waals surface area (Å²) in [4.78, 5) is 15.6. The lowest BCUT2D eigenvalue weighted by molar-refractivity contribution is 0.388. The summed E-state index contributed by atoms with van der Waals surface area (Å²) in [7, 11) is 0. The molecule has 0 aliphatic carbocycles. The molecule has 0 bridgehead atoms. The van der Waals surface area contributed by atoms with Gasteiger partial charge in [-0.3, -0.25) is 9.51 Å². The van der Waals surface area contributed by atoms with Crippen LogP contribution in [-0.2, 0) is 0 Å². The van der Waals surface area contributed by atoms with Crippen molar-refractivity contribution in [3.8, 4) is 0 Å². The molecule has 0 fully saturated rings. The van der Waals surface area contributed by atoms with Gasteiger partial charge in [0, 0.05) is 4.47 Å². The van der Waals surface area contributed by atoms with Gasteiger partial charge in [-0.25, -0.2) is 9.20 Å². The van der Waals surface area contributed by atoms with Gasteiger partial charge in [0.1, 0.15) is 0 Å². The van der Waals surface area contributed by atoms with Gasteiger partial charge in [-0.1, -0.05) is 21.1 Å². The topological polar surface area (TPSA) is 60.4 Å². The van der Waals surface area contributed by atoms with Gasteiger partial charge >= 0.3 is 5.76 Å². The molecule has 0 spiro atoms. The summed E-state index contributed by atoms with van der Waals surface area (Å²) in [6.45, 7) is 0. The maximum absolute atomic E-state index is 11.4. The Kier molecular flexibility index (Phi) is 1.66. The van der Waals surface area contributed by atoms with E-state index >= 15 is 0 Å². The van der Waals surface area contributed by atoms with Crippen LogP contribution in [0.4, 0.5) is 0 Å². The van der Waals surface area contributed by atoms with E-state index in [1.807, 2.05) is 12.1 Å². The summed E-state index contributed by atoms with van der Waals surface area (Å²) in [5, 5.41) is 3.60. The molecule has 3 aromatic rings. The number of nitrogens with zero attached hydrogens (tertiary/aromatic N) is 3. The molecule has 74 valence electrons. The average molecular weight is 266 g/mol. The highest BCUT2D eigenvalue weighted by molar-refractivity contribution is 9.10. The Morgan fingerprint density at radius 2 is 2.27 bits per heavy atom. The molecule has 0 radical (unpaired) electrons. The van der Waals surface area contributed by atoms with E-state index in [1.54, 1.807) is 6.07 Å². The van der Waals surface area contributed by atoms with Crippen molar-refractivity contribution in [3.63, 3.8) is 0 Å². The molecular formula is C9H4BrN3O2. The van der Waals surface area contributed by atoms with Gasteiger partial charge < -0.3 is 0 Å². The van der Waals surface area contributed by atoms with Crippen LogP contribution in [-0.4, -0.2) is 14.5 Å². The largest absolute Gasteiger partial charge is 0.446 e. The summed E-state index contributed by atoms with van der Waals surface area (Å²) in [5.74, 6) is -0.504. The van der Waals surface area contributed by atoms with Crippen molar-refractivity contribution < 1.29 is 4.52 Å².